The zero-order valence-electron chi connectivity index (χ0n) is 20.7. The highest BCUT2D eigenvalue weighted by Crippen LogP contribution is 2.29. The number of para-hydroxylation sites is 2. The molecule has 3 aromatic carbocycles. The van der Waals surface area contributed by atoms with Gasteiger partial charge in [-0.25, -0.2) is 9.07 Å². The molecule has 6 nitrogen and oxygen atoms in total. The molecule has 1 saturated heterocycles. The molecule has 5 rings (SSSR count). The first-order valence-electron chi connectivity index (χ1n) is 12.1. The Morgan fingerprint density at radius 2 is 1.61 bits per heavy atom. The number of carbonyl (C=O) groups excluding carboxylic acids is 1. The van der Waals surface area contributed by atoms with Crippen LogP contribution in [0.2, 0.25) is 0 Å². The van der Waals surface area contributed by atoms with Gasteiger partial charge in [-0.05, 0) is 73.5 Å². The van der Waals surface area contributed by atoms with Crippen LogP contribution in [0.4, 0.5) is 10.1 Å². The van der Waals surface area contributed by atoms with E-state index in [0.29, 0.717) is 37.6 Å². The van der Waals surface area contributed by atoms with Gasteiger partial charge in [0, 0.05) is 31.7 Å². The molecule has 2 heterocycles. The van der Waals surface area contributed by atoms with Crippen molar-refractivity contribution in [2.24, 2.45) is 0 Å². The van der Waals surface area contributed by atoms with Crippen LogP contribution in [-0.4, -0.2) is 53.9 Å². The van der Waals surface area contributed by atoms with Crippen molar-refractivity contribution in [3.8, 4) is 22.7 Å². The van der Waals surface area contributed by atoms with E-state index in [4.69, 9.17) is 9.84 Å². The first-order valence-corrected chi connectivity index (χ1v) is 12.1. The monoisotopic (exact) mass is 484 g/mol. The molecule has 0 atom stereocenters. The number of hydrogen-bond donors (Lipinski definition) is 0. The summed E-state index contributed by atoms with van der Waals surface area (Å²) in [4.78, 5) is 17.9. The molecule has 0 saturated carbocycles. The Morgan fingerprint density at radius 3 is 2.33 bits per heavy atom. The van der Waals surface area contributed by atoms with E-state index in [-0.39, 0.29) is 11.7 Å². The zero-order chi connectivity index (χ0) is 25.2. The normalized spacial score (nSPS) is 13.7. The molecular weight excluding hydrogens is 455 g/mol. The summed E-state index contributed by atoms with van der Waals surface area (Å²) >= 11 is 0. The summed E-state index contributed by atoms with van der Waals surface area (Å²) < 4.78 is 20.8. The number of aromatic nitrogens is 2. The molecule has 1 fully saturated rings. The van der Waals surface area contributed by atoms with Crippen LogP contribution in [0.3, 0.4) is 0 Å². The second-order valence-corrected chi connectivity index (χ2v) is 9.07. The van der Waals surface area contributed by atoms with E-state index in [1.54, 1.807) is 23.9 Å². The fraction of sp³-hybridized carbons (Fsp3) is 0.241. The predicted octanol–water partition coefficient (Wildman–Crippen LogP) is 5.27. The molecule has 1 aliphatic rings. The number of nitrogens with zero attached hydrogens (tertiary/aromatic N) is 4. The van der Waals surface area contributed by atoms with Crippen molar-refractivity contribution >= 4 is 11.6 Å². The number of ether oxygens (including phenoxy) is 1. The summed E-state index contributed by atoms with van der Waals surface area (Å²) in [5, 5.41) is 4.80. The second kappa shape index (κ2) is 9.85. The van der Waals surface area contributed by atoms with Gasteiger partial charge in [-0.15, -0.1) is 0 Å². The summed E-state index contributed by atoms with van der Waals surface area (Å²) in [6, 6.07) is 22.0. The van der Waals surface area contributed by atoms with Crippen molar-refractivity contribution in [1.82, 2.24) is 14.7 Å². The van der Waals surface area contributed by atoms with E-state index in [9.17, 15) is 9.18 Å². The summed E-state index contributed by atoms with van der Waals surface area (Å²) in [6.45, 7) is 6.60. The number of amides is 1. The van der Waals surface area contributed by atoms with Crippen molar-refractivity contribution in [2.45, 2.75) is 13.8 Å². The van der Waals surface area contributed by atoms with Gasteiger partial charge in [0.15, 0.2) is 0 Å². The lowest BCUT2D eigenvalue weighted by Gasteiger charge is -2.36. The van der Waals surface area contributed by atoms with Gasteiger partial charge in [0.1, 0.15) is 17.3 Å². The molecule has 1 aromatic heterocycles. The first kappa shape index (κ1) is 23.6. The highest BCUT2D eigenvalue weighted by Gasteiger charge is 2.27. The van der Waals surface area contributed by atoms with Crippen LogP contribution in [0.25, 0.3) is 16.9 Å². The summed E-state index contributed by atoms with van der Waals surface area (Å²) in [5.41, 5.74) is 5.88. The van der Waals surface area contributed by atoms with E-state index in [2.05, 4.69) is 4.90 Å². The Kier molecular flexibility index (Phi) is 6.46. The average molecular weight is 485 g/mol. The van der Waals surface area contributed by atoms with Crippen molar-refractivity contribution in [3.63, 3.8) is 0 Å². The van der Waals surface area contributed by atoms with E-state index >= 15 is 0 Å². The molecule has 0 unspecified atom stereocenters. The third-order valence-corrected chi connectivity index (χ3v) is 6.65. The van der Waals surface area contributed by atoms with Crippen LogP contribution in [0.15, 0.2) is 72.8 Å². The number of methoxy groups -OCH3 is 1. The van der Waals surface area contributed by atoms with Gasteiger partial charge in [-0.2, -0.15) is 5.10 Å². The van der Waals surface area contributed by atoms with Gasteiger partial charge in [0.05, 0.1) is 24.2 Å². The van der Waals surface area contributed by atoms with Crippen LogP contribution in [0.5, 0.6) is 5.75 Å². The summed E-state index contributed by atoms with van der Waals surface area (Å²) in [7, 11) is 1.67. The van der Waals surface area contributed by atoms with E-state index < -0.39 is 0 Å². The molecule has 0 radical (unpaired) electrons. The minimum atomic E-state index is -0.308. The predicted molar refractivity (Wildman–Crippen MR) is 140 cm³/mol. The Bertz CT molecular complexity index is 1390. The first-order chi connectivity index (χ1) is 17.4. The highest BCUT2D eigenvalue weighted by molar-refractivity contribution is 5.94. The standard InChI is InChI=1S/C29H29FN4O2/c1-20-8-9-21(2)26(18-20)34-27(19-24(31-34)22-10-12-23(30)13-11-22)29(35)33-16-14-32(15-17-33)25-6-4-5-7-28(25)36-3/h4-13,18-19H,14-17H2,1-3H3. The van der Waals surface area contributed by atoms with Gasteiger partial charge in [0.2, 0.25) is 0 Å². The molecule has 1 aliphatic heterocycles. The van der Waals surface area contributed by atoms with E-state index in [1.165, 1.54) is 12.1 Å². The Labute approximate surface area is 210 Å². The Hall–Kier alpha value is -4.13. The van der Waals surface area contributed by atoms with Gasteiger partial charge in [-0.3, -0.25) is 4.79 Å². The van der Waals surface area contributed by atoms with Crippen LogP contribution >= 0.6 is 0 Å². The number of rotatable bonds is 5. The second-order valence-electron chi connectivity index (χ2n) is 9.07. The minimum absolute atomic E-state index is 0.0727. The lowest BCUT2D eigenvalue weighted by molar-refractivity contribution is 0.0737. The van der Waals surface area contributed by atoms with Crippen molar-refractivity contribution in [2.75, 3.05) is 38.2 Å². The largest absolute Gasteiger partial charge is 0.495 e. The van der Waals surface area contributed by atoms with Gasteiger partial charge < -0.3 is 14.5 Å². The number of benzene rings is 3. The van der Waals surface area contributed by atoms with Gasteiger partial charge >= 0.3 is 0 Å². The molecule has 0 aliphatic carbocycles. The fourth-order valence-corrected chi connectivity index (χ4v) is 4.63. The fourth-order valence-electron chi connectivity index (χ4n) is 4.63. The topological polar surface area (TPSA) is 50.6 Å². The number of hydrogen-bond acceptors (Lipinski definition) is 4. The van der Waals surface area contributed by atoms with E-state index in [1.807, 2.05) is 67.3 Å². The number of aryl methyl sites for hydroxylation is 2. The molecular formula is C29H29FN4O2. The maximum absolute atomic E-state index is 13.8. The maximum atomic E-state index is 13.8. The van der Waals surface area contributed by atoms with Crippen molar-refractivity contribution < 1.29 is 13.9 Å². The average Bonchev–Trinajstić information content (AvgIpc) is 3.35. The van der Waals surface area contributed by atoms with Crippen molar-refractivity contribution in [1.29, 1.82) is 0 Å². The zero-order valence-corrected chi connectivity index (χ0v) is 20.7. The van der Waals surface area contributed by atoms with Crippen LogP contribution in [-0.2, 0) is 0 Å². The molecule has 0 spiro atoms. The number of anilines is 1. The number of piperazine rings is 1. The van der Waals surface area contributed by atoms with Crippen LogP contribution in [0.1, 0.15) is 21.6 Å². The smallest absolute Gasteiger partial charge is 0.272 e. The molecule has 1 amide bonds. The molecule has 0 bridgehead atoms. The third-order valence-electron chi connectivity index (χ3n) is 6.65. The molecule has 4 aromatic rings. The molecule has 7 heteroatoms. The molecule has 0 N–H and O–H groups in total. The quantitative estimate of drug-likeness (QED) is 0.388. The molecule has 184 valence electrons. The third kappa shape index (κ3) is 4.56. The van der Waals surface area contributed by atoms with Gasteiger partial charge in [0.25, 0.3) is 5.91 Å². The Morgan fingerprint density at radius 1 is 0.889 bits per heavy atom. The minimum Gasteiger partial charge on any atom is -0.495 e. The number of halogens is 1. The Balaban J connectivity index is 1.46. The van der Waals surface area contributed by atoms with Crippen LogP contribution in [0, 0.1) is 19.7 Å². The highest BCUT2D eigenvalue weighted by atomic mass is 19.1. The SMILES string of the molecule is COc1ccccc1N1CCN(C(=O)c2cc(-c3ccc(F)cc3)nn2-c2cc(C)ccc2C)CC1. The molecule has 36 heavy (non-hydrogen) atoms. The van der Waals surface area contributed by atoms with Crippen molar-refractivity contribution in [3.05, 3.63) is 95.4 Å². The van der Waals surface area contributed by atoms with Crippen LogP contribution < -0.4 is 9.64 Å². The lowest BCUT2D eigenvalue weighted by Crippen LogP contribution is -2.49. The number of carbonyl (C=O) groups is 1. The summed E-state index contributed by atoms with van der Waals surface area (Å²) in [6.07, 6.45) is 0. The van der Waals surface area contributed by atoms with E-state index in [0.717, 1.165) is 33.8 Å². The summed E-state index contributed by atoms with van der Waals surface area (Å²) in [5.74, 6) is 0.447. The maximum Gasteiger partial charge on any atom is 0.272 e. The lowest BCUT2D eigenvalue weighted by atomic mass is 10.1. The van der Waals surface area contributed by atoms with Gasteiger partial charge in [-0.1, -0.05) is 24.3 Å².